The molecule has 3 aromatic carbocycles. The van der Waals surface area contributed by atoms with Gasteiger partial charge in [0, 0.05) is 23.1 Å². The summed E-state index contributed by atoms with van der Waals surface area (Å²) in [5.41, 5.74) is 3.26. The molecule has 0 atom stereocenters. The van der Waals surface area contributed by atoms with Crippen molar-refractivity contribution in [3.8, 4) is 5.75 Å². The Morgan fingerprint density at radius 3 is 2.31 bits per heavy atom. The predicted molar refractivity (Wildman–Crippen MR) is 144 cm³/mol. The summed E-state index contributed by atoms with van der Waals surface area (Å²) in [6, 6.07) is 19.4. The van der Waals surface area contributed by atoms with Crippen molar-refractivity contribution in [1.29, 1.82) is 0 Å². The molecule has 35 heavy (non-hydrogen) atoms. The average Bonchev–Trinajstić information content (AvgIpc) is 2.83. The number of sulfonamides is 1. The van der Waals surface area contributed by atoms with Crippen LogP contribution < -0.4 is 14.4 Å². The zero-order valence-corrected chi connectivity index (χ0v) is 22.3. The Kier molecular flexibility index (Phi) is 9.48. The number of carbonyl (C=O) groups is 1. The van der Waals surface area contributed by atoms with Crippen LogP contribution in [0.25, 0.3) is 0 Å². The Hall–Kier alpha value is -2.68. The molecule has 186 valence electrons. The third-order valence-electron chi connectivity index (χ3n) is 5.25. The molecule has 0 saturated carbocycles. The molecule has 6 nitrogen and oxygen atoms in total. The van der Waals surface area contributed by atoms with Crippen LogP contribution in [0.15, 0.2) is 71.6 Å². The van der Waals surface area contributed by atoms with Gasteiger partial charge < -0.3 is 10.1 Å². The lowest BCUT2D eigenvalue weighted by Gasteiger charge is -2.26. The molecule has 0 saturated heterocycles. The molecular formula is C26H29ClN2O4S2. The van der Waals surface area contributed by atoms with Crippen LogP contribution in [0.4, 0.5) is 5.69 Å². The van der Waals surface area contributed by atoms with Gasteiger partial charge in [0.05, 0.1) is 17.7 Å². The zero-order valence-electron chi connectivity index (χ0n) is 20.0. The summed E-state index contributed by atoms with van der Waals surface area (Å²) in [7, 11) is -2.54. The number of hydrogen-bond acceptors (Lipinski definition) is 5. The van der Waals surface area contributed by atoms with E-state index in [0.29, 0.717) is 28.8 Å². The molecule has 0 aromatic heterocycles. The second-order valence-corrected chi connectivity index (χ2v) is 11.4. The van der Waals surface area contributed by atoms with E-state index in [1.807, 2.05) is 44.2 Å². The second-order valence-electron chi connectivity index (χ2n) is 8.03. The van der Waals surface area contributed by atoms with E-state index in [1.54, 1.807) is 48.2 Å². The molecule has 9 heteroatoms. The highest BCUT2D eigenvalue weighted by molar-refractivity contribution is 7.98. The maximum Gasteiger partial charge on any atom is 0.264 e. The Morgan fingerprint density at radius 2 is 1.66 bits per heavy atom. The van der Waals surface area contributed by atoms with Crippen molar-refractivity contribution in [1.82, 2.24) is 5.32 Å². The fourth-order valence-corrected chi connectivity index (χ4v) is 5.72. The van der Waals surface area contributed by atoms with Gasteiger partial charge in [-0.05, 0) is 61.4 Å². The lowest BCUT2D eigenvalue weighted by Crippen LogP contribution is -2.41. The third kappa shape index (κ3) is 7.40. The molecule has 1 amide bonds. The number of benzene rings is 3. The number of halogens is 1. The Balaban J connectivity index is 1.72. The van der Waals surface area contributed by atoms with Gasteiger partial charge >= 0.3 is 0 Å². The summed E-state index contributed by atoms with van der Waals surface area (Å²) in [5.74, 6) is 1.46. The van der Waals surface area contributed by atoms with E-state index >= 15 is 0 Å². The van der Waals surface area contributed by atoms with E-state index in [-0.39, 0.29) is 11.4 Å². The Bertz CT molecular complexity index is 1250. The fraction of sp³-hybridized carbons (Fsp3) is 0.269. The van der Waals surface area contributed by atoms with Crippen LogP contribution in [-0.2, 0) is 20.6 Å². The molecular weight excluding hydrogens is 504 g/mol. The summed E-state index contributed by atoms with van der Waals surface area (Å²) in [6.45, 7) is 3.80. The summed E-state index contributed by atoms with van der Waals surface area (Å²) in [6.07, 6.45) is 0. The molecule has 0 radical (unpaired) electrons. The van der Waals surface area contributed by atoms with Crippen LogP contribution in [-0.4, -0.2) is 40.3 Å². The monoisotopic (exact) mass is 532 g/mol. The number of nitrogens with one attached hydrogen (secondary N) is 1. The number of thioether (sulfide) groups is 1. The van der Waals surface area contributed by atoms with Gasteiger partial charge in [0.25, 0.3) is 10.0 Å². The van der Waals surface area contributed by atoms with E-state index in [4.69, 9.17) is 16.3 Å². The summed E-state index contributed by atoms with van der Waals surface area (Å²) < 4.78 is 33.7. The fourth-order valence-electron chi connectivity index (χ4n) is 3.35. The lowest BCUT2D eigenvalue weighted by atomic mass is 10.2. The van der Waals surface area contributed by atoms with Gasteiger partial charge in [0.15, 0.2) is 0 Å². The molecule has 0 aliphatic heterocycles. The standard InChI is InChI=1S/C26H29ClN2O4S2/c1-19-4-11-23(12-5-19)35(31,32)29(24-16-20(2)6-13-25(24)33-3)17-26(30)28-14-15-34-18-21-7-9-22(27)10-8-21/h4-13,16H,14-15,17-18H2,1-3H3,(H,28,30). The predicted octanol–water partition coefficient (Wildman–Crippen LogP) is 5.21. The molecule has 0 bridgehead atoms. The van der Waals surface area contributed by atoms with Gasteiger partial charge in [-0.2, -0.15) is 11.8 Å². The van der Waals surface area contributed by atoms with Crippen molar-refractivity contribution in [2.45, 2.75) is 24.5 Å². The number of aryl methyl sites for hydroxylation is 2. The van der Waals surface area contributed by atoms with Crippen LogP contribution in [0.2, 0.25) is 5.02 Å². The maximum atomic E-state index is 13.6. The smallest absolute Gasteiger partial charge is 0.264 e. The minimum absolute atomic E-state index is 0.109. The van der Waals surface area contributed by atoms with Gasteiger partial charge in [-0.3, -0.25) is 9.10 Å². The van der Waals surface area contributed by atoms with Gasteiger partial charge in [-0.25, -0.2) is 8.42 Å². The number of methoxy groups -OCH3 is 1. The van der Waals surface area contributed by atoms with E-state index in [2.05, 4.69) is 5.32 Å². The van der Waals surface area contributed by atoms with Crippen LogP contribution in [0.1, 0.15) is 16.7 Å². The van der Waals surface area contributed by atoms with E-state index in [0.717, 1.165) is 26.7 Å². The molecule has 0 aliphatic carbocycles. The molecule has 0 unspecified atom stereocenters. The second kappa shape index (κ2) is 12.3. The van der Waals surface area contributed by atoms with Gasteiger partial charge in [0.1, 0.15) is 12.3 Å². The number of rotatable bonds is 11. The van der Waals surface area contributed by atoms with Crippen LogP contribution in [0.3, 0.4) is 0 Å². The van der Waals surface area contributed by atoms with Gasteiger partial charge in [-0.15, -0.1) is 0 Å². The van der Waals surface area contributed by atoms with E-state index < -0.39 is 15.9 Å². The number of nitrogens with zero attached hydrogens (tertiary/aromatic N) is 1. The molecule has 0 aliphatic rings. The Labute approximate surface area is 216 Å². The highest BCUT2D eigenvalue weighted by Gasteiger charge is 2.29. The first-order chi connectivity index (χ1) is 16.7. The number of hydrogen-bond donors (Lipinski definition) is 1. The van der Waals surface area contributed by atoms with Crippen molar-refractivity contribution in [3.05, 3.63) is 88.4 Å². The summed E-state index contributed by atoms with van der Waals surface area (Å²) >= 11 is 7.58. The molecule has 3 rings (SSSR count). The molecule has 0 heterocycles. The highest BCUT2D eigenvalue weighted by Crippen LogP contribution is 2.33. The van der Waals surface area contributed by atoms with Crippen molar-refractivity contribution in [3.63, 3.8) is 0 Å². The molecule has 3 aromatic rings. The largest absolute Gasteiger partial charge is 0.495 e. The Morgan fingerprint density at radius 1 is 1.00 bits per heavy atom. The SMILES string of the molecule is COc1ccc(C)cc1N(CC(=O)NCCSCc1ccc(Cl)cc1)S(=O)(=O)c1ccc(C)cc1. The summed E-state index contributed by atoms with van der Waals surface area (Å²) in [5, 5.41) is 3.53. The highest BCUT2D eigenvalue weighted by atomic mass is 35.5. The number of ether oxygens (including phenoxy) is 1. The average molecular weight is 533 g/mol. The molecule has 1 N–H and O–H groups in total. The van der Waals surface area contributed by atoms with Crippen molar-refractivity contribution >= 4 is 45.0 Å². The first-order valence-corrected chi connectivity index (χ1v) is 14.0. The normalized spacial score (nSPS) is 11.2. The van der Waals surface area contributed by atoms with Crippen LogP contribution >= 0.6 is 23.4 Å². The first kappa shape index (κ1) is 26.9. The van der Waals surface area contributed by atoms with Crippen molar-refractivity contribution in [2.24, 2.45) is 0 Å². The van der Waals surface area contributed by atoms with E-state index in [9.17, 15) is 13.2 Å². The van der Waals surface area contributed by atoms with Gasteiger partial charge in [-0.1, -0.05) is 47.5 Å². The topological polar surface area (TPSA) is 75.7 Å². The minimum Gasteiger partial charge on any atom is -0.495 e. The number of carbonyl (C=O) groups excluding carboxylic acids is 1. The lowest BCUT2D eigenvalue weighted by molar-refractivity contribution is -0.119. The van der Waals surface area contributed by atoms with Crippen molar-refractivity contribution in [2.75, 3.05) is 30.3 Å². The number of amides is 1. The maximum absolute atomic E-state index is 13.6. The quantitative estimate of drug-likeness (QED) is 0.343. The van der Waals surface area contributed by atoms with Gasteiger partial charge in [0.2, 0.25) is 5.91 Å². The van der Waals surface area contributed by atoms with Crippen molar-refractivity contribution < 1.29 is 17.9 Å². The third-order valence-corrected chi connectivity index (χ3v) is 8.31. The summed E-state index contributed by atoms with van der Waals surface area (Å²) in [4.78, 5) is 12.9. The number of anilines is 1. The molecule has 0 spiro atoms. The van der Waals surface area contributed by atoms with E-state index in [1.165, 1.54) is 7.11 Å². The van der Waals surface area contributed by atoms with Crippen LogP contribution in [0, 0.1) is 13.8 Å². The zero-order chi connectivity index (χ0) is 25.4. The first-order valence-electron chi connectivity index (χ1n) is 11.0. The van der Waals surface area contributed by atoms with Crippen LogP contribution in [0.5, 0.6) is 5.75 Å². The minimum atomic E-state index is -4.01. The molecule has 0 fully saturated rings.